The SMILES string of the molecule is O=C1c2ccccc2C(=O)N1CC1CC(O)C1. The molecule has 1 aliphatic heterocycles. The first-order chi connectivity index (χ1) is 8.16. The predicted molar refractivity (Wildman–Crippen MR) is 60.5 cm³/mol. The smallest absolute Gasteiger partial charge is 0.261 e. The van der Waals surface area contributed by atoms with Gasteiger partial charge in [-0.3, -0.25) is 14.5 Å². The van der Waals surface area contributed by atoms with E-state index in [1.165, 1.54) is 4.90 Å². The highest BCUT2D eigenvalue weighted by Gasteiger charge is 2.38. The molecule has 4 nitrogen and oxygen atoms in total. The zero-order chi connectivity index (χ0) is 12.0. The van der Waals surface area contributed by atoms with Gasteiger partial charge in [0.1, 0.15) is 0 Å². The summed E-state index contributed by atoms with van der Waals surface area (Å²) in [5, 5.41) is 9.21. The summed E-state index contributed by atoms with van der Waals surface area (Å²) in [5.41, 5.74) is 0.995. The summed E-state index contributed by atoms with van der Waals surface area (Å²) < 4.78 is 0. The van der Waals surface area contributed by atoms with Crippen molar-refractivity contribution in [3.8, 4) is 0 Å². The van der Waals surface area contributed by atoms with Crippen LogP contribution in [0, 0.1) is 5.92 Å². The molecule has 2 amide bonds. The summed E-state index contributed by atoms with van der Waals surface area (Å²) in [6.07, 6.45) is 1.12. The molecular formula is C13H13NO3. The maximum atomic E-state index is 12.0. The van der Waals surface area contributed by atoms with Crippen LogP contribution in [0.25, 0.3) is 0 Å². The predicted octanol–water partition coefficient (Wildman–Crippen LogP) is 1.05. The minimum Gasteiger partial charge on any atom is -0.393 e. The fourth-order valence-corrected chi connectivity index (χ4v) is 2.51. The molecule has 4 heteroatoms. The van der Waals surface area contributed by atoms with Crippen molar-refractivity contribution >= 4 is 11.8 Å². The summed E-state index contributed by atoms with van der Waals surface area (Å²) >= 11 is 0. The van der Waals surface area contributed by atoms with Gasteiger partial charge in [-0.15, -0.1) is 0 Å². The van der Waals surface area contributed by atoms with Gasteiger partial charge in [-0.05, 0) is 30.9 Å². The van der Waals surface area contributed by atoms with Crippen LogP contribution in [0.5, 0.6) is 0 Å². The Hall–Kier alpha value is -1.68. The first-order valence-electron chi connectivity index (χ1n) is 5.80. The van der Waals surface area contributed by atoms with E-state index in [0.717, 1.165) is 0 Å². The van der Waals surface area contributed by atoms with Crippen molar-refractivity contribution in [3.05, 3.63) is 35.4 Å². The molecule has 17 heavy (non-hydrogen) atoms. The van der Waals surface area contributed by atoms with Crippen molar-refractivity contribution in [1.82, 2.24) is 4.90 Å². The molecule has 1 aromatic rings. The average Bonchev–Trinajstić information content (AvgIpc) is 2.53. The van der Waals surface area contributed by atoms with Gasteiger partial charge in [-0.2, -0.15) is 0 Å². The molecule has 0 spiro atoms. The second-order valence-electron chi connectivity index (χ2n) is 4.76. The molecule has 0 saturated heterocycles. The van der Waals surface area contributed by atoms with E-state index in [1.54, 1.807) is 24.3 Å². The highest BCUT2D eigenvalue weighted by Crippen LogP contribution is 2.31. The third kappa shape index (κ3) is 1.56. The molecule has 3 rings (SSSR count). The maximum Gasteiger partial charge on any atom is 0.261 e. The van der Waals surface area contributed by atoms with Crippen LogP contribution in [0.2, 0.25) is 0 Å². The zero-order valence-corrected chi connectivity index (χ0v) is 9.30. The van der Waals surface area contributed by atoms with Gasteiger partial charge in [0, 0.05) is 6.54 Å². The summed E-state index contributed by atoms with van der Waals surface area (Å²) in [6.45, 7) is 0.434. The van der Waals surface area contributed by atoms with Gasteiger partial charge in [-0.1, -0.05) is 12.1 Å². The number of nitrogens with zero attached hydrogens (tertiary/aromatic N) is 1. The van der Waals surface area contributed by atoms with E-state index in [-0.39, 0.29) is 23.8 Å². The standard InChI is InChI=1S/C13H13NO3/c15-9-5-8(6-9)7-14-12(16)10-3-1-2-4-11(10)13(14)17/h1-4,8-9,15H,5-7H2. The third-order valence-electron chi connectivity index (χ3n) is 3.53. The molecule has 88 valence electrons. The van der Waals surface area contributed by atoms with E-state index in [0.29, 0.717) is 30.5 Å². The van der Waals surface area contributed by atoms with Gasteiger partial charge >= 0.3 is 0 Å². The quantitative estimate of drug-likeness (QED) is 0.774. The molecule has 1 aliphatic carbocycles. The highest BCUT2D eigenvalue weighted by atomic mass is 16.3. The van der Waals surface area contributed by atoms with Gasteiger partial charge in [0.15, 0.2) is 0 Å². The van der Waals surface area contributed by atoms with Gasteiger partial charge in [0.05, 0.1) is 17.2 Å². The lowest BCUT2D eigenvalue weighted by molar-refractivity contribution is 0.0233. The highest BCUT2D eigenvalue weighted by molar-refractivity contribution is 6.21. The lowest BCUT2D eigenvalue weighted by Gasteiger charge is -2.33. The normalized spacial score (nSPS) is 27.0. The average molecular weight is 231 g/mol. The maximum absolute atomic E-state index is 12.0. The van der Waals surface area contributed by atoms with Crippen LogP contribution in [0.15, 0.2) is 24.3 Å². The molecule has 1 fully saturated rings. The minimum atomic E-state index is -0.254. The number of amides is 2. The van der Waals surface area contributed by atoms with Crippen LogP contribution in [0.1, 0.15) is 33.6 Å². The Balaban J connectivity index is 1.81. The Morgan fingerprint density at radius 3 is 2.12 bits per heavy atom. The molecular weight excluding hydrogens is 218 g/mol. The van der Waals surface area contributed by atoms with Crippen LogP contribution < -0.4 is 0 Å². The van der Waals surface area contributed by atoms with Crippen molar-refractivity contribution in [2.75, 3.05) is 6.54 Å². The summed E-state index contributed by atoms with van der Waals surface area (Å²) in [6, 6.07) is 6.90. The fraction of sp³-hybridized carbons (Fsp3) is 0.385. The Morgan fingerprint density at radius 2 is 1.65 bits per heavy atom. The molecule has 2 aliphatic rings. The van der Waals surface area contributed by atoms with E-state index in [2.05, 4.69) is 0 Å². The van der Waals surface area contributed by atoms with Crippen LogP contribution in [0.4, 0.5) is 0 Å². The van der Waals surface area contributed by atoms with Crippen LogP contribution in [-0.2, 0) is 0 Å². The molecule has 0 radical (unpaired) electrons. The van der Waals surface area contributed by atoms with Gasteiger partial charge in [-0.25, -0.2) is 0 Å². The first kappa shape index (κ1) is 10.5. The molecule has 1 aromatic carbocycles. The van der Waals surface area contributed by atoms with Crippen molar-refractivity contribution in [2.45, 2.75) is 18.9 Å². The zero-order valence-electron chi connectivity index (χ0n) is 9.30. The van der Waals surface area contributed by atoms with E-state index in [1.807, 2.05) is 0 Å². The first-order valence-corrected chi connectivity index (χ1v) is 5.80. The number of hydrogen-bond donors (Lipinski definition) is 1. The van der Waals surface area contributed by atoms with Gasteiger partial charge < -0.3 is 5.11 Å². The van der Waals surface area contributed by atoms with Gasteiger partial charge in [0.25, 0.3) is 11.8 Å². The lowest BCUT2D eigenvalue weighted by atomic mass is 9.82. The van der Waals surface area contributed by atoms with Crippen LogP contribution in [-0.4, -0.2) is 34.5 Å². The largest absolute Gasteiger partial charge is 0.393 e. The number of fused-ring (bicyclic) bond motifs is 1. The third-order valence-corrected chi connectivity index (χ3v) is 3.53. The second-order valence-corrected chi connectivity index (χ2v) is 4.76. The second kappa shape index (κ2) is 3.67. The molecule has 0 unspecified atom stereocenters. The van der Waals surface area contributed by atoms with E-state index < -0.39 is 0 Å². The lowest BCUT2D eigenvalue weighted by Crippen LogP contribution is -2.41. The Bertz CT molecular complexity index is 456. The van der Waals surface area contributed by atoms with E-state index in [4.69, 9.17) is 0 Å². The number of hydrogen-bond acceptors (Lipinski definition) is 3. The van der Waals surface area contributed by atoms with Crippen molar-refractivity contribution in [1.29, 1.82) is 0 Å². The van der Waals surface area contributed by atoms with E-state index >= 15 is 0 Å². The number of carbonyl (C=O) groups excluding carboxylic acids is 2. The number of aliphatic hydroxyl groups is 1. The Kier molecular flexibility index (Phi) is 2.26. The van der Waals surface area contributed by atoms with Crippen LogP contribution in [0.3, 0.4) is 0 Å². The summed E-state index contributed by atoms with van der Waals surface area (Å²) in [7, 11) is 0. The molecule has 0 aromatic heterocycles. The minimum absolute atomic E-state index is 0.202. The Labute approximate surface area is 98.9 Å². The topological polar surface area (TPSA) is 57.6 Å². The molecule has 1 heterocycles. The molecule has 0 bridgehead atoms. The number of carbonyl (C=O) groups is 2. The van der Waals surface area contributed by atoms with Gasteiger partial charge in [0.2, 0.25) is 0 Å². The molecule has 0 atom stereocenters. The number of aliphatic hydroxyl groups excluding tert-OH is 1. The van der Waals surface area contributed by atoms with Crippen molar-refractivity contribution in [3.63, 3.8) is 0 Å². The molecule has 1 N–H and O–H groups in total. The number of benzene rings is 1. The fourth-order valence-electron chi connectivity index (χ4n) is 2.51. The van der Waals surface area contributed by atoms with Crippen molar-refractivity contribution in [2.24, 2.45) is 5.92 Å². The van der Waals surface area contributed by atoms with E-state index in [9.17, 15) is 14.7 Å². The molecule has 1 saturated carbocycles. The summed E-state index contributed by atoms with van der Waals surface area (Å²) in [5.74, 6) is -0.147. The van der Waals surface area contributed by atoms with Crippen LogP contribution >= 0.6 is 0 Å². The number of rotatable bonds is 2. The summed E-state index contributed by atoms with van der Waals surface area (Å²) in [4.78, 5) is 25.3. The monoisotopic (exact) mass is 231 g/mol. The van der Waals surface area contributed by atoms with Crippen molar-refractivity contribution < 1.29 is 14.7 Å². The number of imide groups is 1. The Morgan fingerprint density at radius 1 is 1.12 bits per heavy atom.